The van der Waals surface area contributed by atoms with E-state index in [9.17, 15) is 0 Å². The van der Waals surface area contributed by atoms with Crippen LogP contribution in [-0.4, -0.2) is 50.3 Å². The predicted molar refractivity (Wildman–Crippen MR) is 87.0 cm³/mol. The largest absolute Gasteiger partial charge is 0.497 e. The number of hydrogen-bond acceptors (Lipinski definition) is 4. The second-order valence-electron chi connectivity index (χ2n) is 6.74. The van der Waals surface area contributed by atoms with E-state index >= 15 is 0 Å². The highest BCUT2D eigenvalue weighted by molar-refractivity contribution is 5.51. The molecule has 1 aromatic rings. The third-order valence-electron chi connectivity index (χ3n) is 4.87. The third-order valence-corrected chi connectivity index (χ3v) is 4.87. The molecule has 116 valence electrons. The molecule has 2 N–H and O–H groups in total. The molecule has 0 radical (unpaired) electrons. The molecule has 2 fully saturated rings. The number of benzene rings is 1. The van der Waals surface area contributed by atoms with Crippen molar-refractivity contribution < 1.29 is 4.74 Å². The number of methoxy groups -OCH3 is 1. The minimum absolute atomic E-state index is 0.00185. The van der Waals surface area contributed by atoms with E-state index in [4.69, 9.17) is 10.5 Å². The zero-order valence-corrected chi connectivity index (χ0v) is 13.2. The second kappa shape index (κ2) is 5.85. The van der Waals surface area contributed by atoms with Crippen LogP contribution in [0.2, 0.25) is 0 Å². The Kier molecular flexibility index (Phi) is 4.09. The van der Waals surface area contributed by atoms with Gasteiger partial charge in [0.05, 0.1) is 7.11 Å². The lowest BCUT2D eigenvalue weighted by atomic mass is 9.96. The maximum Gasteiger partial charge on any atom is 0.120 e. The van der Waals surface area contributed by atoms with Crippen LogP contribution in [0.1, 0.15) is 19.8 Å². The summed E-state index contributed by atoms with van der Waals surface area (Å²) < 4.78 is 5.31. The minimum Gasteiger partial charge on any atom is -0.497 e. The number of anilines is 1. The molecule has 0 bridgehead atoms. The van der Waals surface area contributed by atoms with E-state index in [1.165, 1.54) is 18.5 Å². The Morgan fingerprint density at radius 3 is 2.57 bits per heavy atom. The molecule has 0 aromatic heterocycles. The molecule has 4 nitrogen and oxygen atoms in total. The molecule has 3 rings (SSSR count). The first-order valence-electron chi connectivity index (χ1n) is 7.99. The first kappa shape index (κ1) is 14.7. The van der Waals surface area contributed by atoms with Gasteiger partial charge >= 0.3 is 0 Å². The summed E-state index contributed by atoms with van der Waals surface area (Å²) in [4.78, 5) is 4.96. The van der Waals surface area contributed by atoms with Crippen molar-refractivity contribution in [1.29, 1.82) is 0 Å². The molecule has 21 heavy (non-hydrogen) atoms. The Balaban J connectivity index is 1.54. The fraction of sp³-hybridized carbons (Fsp3) is 0.647. The summed E-state index contributed by atoms with van der Waals surface area (Å²) in [6, 6.07) is 8.34. The zero-order valence-electron chi connectivity index (χ0n) is 13.2. The van der Waals surface area contributed by atoms with Gasteiger partial charge in [0.25, 0.3) is 0 Å². The number of ether oxygens (including phenoxy) is 1. The van der Waals surface area contributed by atoms with E-state index in [2.05, 4.69) is 34.9 Å². The van der Waals surface area contributed by atoms with E-state index < -0.39 is 0 Å². The highest BCUT2D eigenvalue weighted by atomic mass is 16.5. The molecule has 0 amide bonds. The van der Waals surface area contributed by atoms with Crippen molar-refractivity contribution in [2.24, 2.45) is 11.7 Å². The number of piperazine rings is 1. The Morgan fingerprint density at radius 1 is 1.24 bits per heavy atom. The second-order valence-corrected chi connectivity index (χ2v) is 6.74. The Labute approximate surface area is 127 Å². The van der Waals surface area contributed by atoms with E-state index in [1.807, 2.05) is 6.07 Å². The maximum atomic E-state index is 6.46. The van der Waals surface area contributed by atoms with Crippen LogP contribution in [0, 0.1) is 5.92 Å². The fourth-order valence-electron chi connectivity index (χ4n) is 3.33. The SMILES string of the molecule is COc1cccc(N2CCN(CC(C)(N)C3CC3)CC2)c1. The topological polar surface area (TPSA) is 41.7 Å². The van der Waals surface area contributed by atoms with E-state index in [1.54, 1.807) is 7.11 Å². The van der Waals surface area contributed by atoms with Gasteiger partial charge in [0.2, 0.25) is 0 Å². The van der Waals surface area contributed by atoms with Crippen LogP contribution in [-0.2, 0) is 0 Å². The summed E-state index contributed by atoms with van der Waals surface area (Å²) in [7, 11) is 1.72. The first-order valence-corrected chi connectivity index (χ1v) is 7.99. The average molecular weight is 289 g/mol. The highest BCUT2D eigenvalue weighted by Crippen LogP contribution is 2.38. The Bertz CT molecular complexity index is 477. The van der Waals surface area contributed by atoms with Crippen molar-refractivity contribution in [2.75, 3.05) is 44.7 Å². The number of hydrogen-bond donors (Lipinski definition) is 1. The maximum absolute atomic E-state index is 6.46. The van der Waals surface area contributed by atoms with Crippen LogP contribution >= 0.6 is 0 Å². The van der Waals surface area contributed by atoms with Gasteiger partial charge in [-0.1, -0.05) is 6.07 Å². The normalized spacial score (nSPS) is 22.9. The molecule has 1 saturated carbocycles. The van der Waals surface area contributed by atoms with Crippen LogP contribution in [0.4, 0.5) is 5.69 Å². The summed E-state index contributed by atoms with van der Waals surface area (Å²) in [5, 5.41) is 0. The lowest BCUT2D eigenvalue weighted by Crippen LogP contribution is -2.55. The van der Waals surface area contributed by atoms with Crippen LogP contribution in [0.25, 0.3) is 0 Å². The Hall–Kier alpha value is -1.26. The fourth-order valence-corrected chi connectivity index (χ4v) is 3.33. The lowest BCUT2D eigenvalue weighted by Gasteiger charge is -2.40. The summed E-state index contributed by atoms with van der Waals surface area (Å²) in [6.07, 6.45) is 2.63. The molecule has 0 spiro atoms. The minimum atomic E-state index is -0.00185. The van der Waals surface area contributed by atoms with Gasteiger partial charge in [0.15, 0.2) is 0 Å². The molecule has 1 unspecified atom stereocenters. The summed E-state index contributed by atoms with van der Waals surface area (Å²) in [6.45, 7) is 7.57. The quantitative estimate of drug-likeness (QED) is 0.899. The van der Waals surface area contributed by atoms with E-state index in [0.29, 0.717) is 0 Å². The molecular formula is C17H27N3O. The van der Waals surface area contributed by atoms with Crippen LogP contribution < -0.4 is 15.4 Å². The number of rotatable bonds is 5. The van der Waals surface area contributed by atoms with Gasteiger partial charge in [0.1, 0.15) is 5.75 Å². The number of nitrogens with two attached hydrogens (primary N) is 1. The van der Waals surface area contributed by atoms with E-state index in [-0.39, 0.29) is 5.54 Å². The van der Waals surface area contributed by atoms with Crippen LogP contribution in [0.5, 0.6) is 5.75 Å². The highest BCUT2D eigenvalue weighted by Gasteiger charge is 2.39. The van der Waals surface area contributed by atoms with Crippen molar-refractivity contribution in [3.63, 3.8) is 0 Å². The van der Waals surface area contributed by atoms with Crippen molar-refractivity contribution >= 4 is 5.69 Å². The smallest absolute Gasteiger partial charge is 0.120 e. The van der Waals surface area contributed by atoms with E-state index in [0.717, 1.165) is 44.4 Å². The molecule has 1 aliphatic heterocycles. The molecular weight excluding hydrogens is 262 g/mol. The molecule has 1 aromatic carbocycles. The molecule has 1 saturated heterocycles. The van der Waals surface area contributed by atoms with Gasteiger partial charge in [-0.15, -0.1) is 0 Å². The van der Waals surface area contributed by atoms with Crippen LogP contribution in [0.15, 0.2) is 24.3 Å². The zero-order chi connectivity index (χ0) is 14.9. The molecule has 2 aliphatic rings. The van der Waals surface area contributed by atoms with Gasteiger partial charge < -0.3 is 15.4 Å². The van der Waals surface area contributed by atoms with Gasteiger partial charge in [-0.2, -0.15) is 0 Å². The molecule has 1 atom stereocenters. The van der Waals surface area contributed by atoms with Gasteiger partial charge in [-0.05, 0) is 37.8 Å². The molecule has 4 heteroatoms. The number of nitrogens with zero attached hydrogens (tertiary/aromatic N) is 2. The van der Waals surface area contributed by atoms with Crippen molar-refractivity contribution in [1.82, 2.24) is 4.90 Å². The van der Waals surface area contributed by atoms with Gasteiger partial charge in [-0.3, -0.25) is 4.90 Å². The average Bonchev–Trinajstić information content (AvgIpc) is 3.33. The van der Waals surface area contributed by atoms with Crippen molar-refractivity contribution in [3.05, 3.63) is 24.3 Å². The predicted octanol–water partition coefficient (Wildman–Crippen LogP) is 1.94. The van der Waals surface area contributed by atoms with Crippen LogP contribution in [0.3, 0.4) is 0 Å². The Morgan fingerprint density at radius 2 is 1.95 bits per heavy atom. The monoisotopic (exact) mass is 289 g/mol. The standard InChI is InChI=1S/C17H27N3O/c1-17(18,14-6-7-14)13-19-8-10-20(11-9-19)15-4-3-5-16(12-15)21-2/h3-5,12,14H,6-11,13,18H2,1-2H3. The summed E-state index contributed by atoms with van der Waals surface area (Å²) >= 11 is 0. The molecule has 1 aliphatic carbocycles. The van der Waals surface area contributed by atoms with Gasteiger partial charge in [-0.25, -0.2) is 0 Å². The summed E-state index contributed by atoms with van der Waals surface area (Å²) in [5.41, 5.74) is 7.72. The first-order chi connectivity index (χ1) is 10.1. The third kappa shape index (κ3) is 3.50. The summed E-state index contributed by atoms with van der Waals surface area (Å²) in [5.74, 6) is 1.67. The van der Waals surface area contributed by atoms with Gasteiger partial charge in [0, 0.05) is 50.0 Å². The lowest BCUT2D eigenvalue weighted by molar-refractivity contribution is 0.193. The van der Waals surface area contributed by atoms with Crippen molar-refractivity contribution in [3.8, 4) is 5.75 Å². The van der Waals surface area contributed by atoms with Crippen molar-refractivity contribution in [2.45, 2.75) is 25.3 Å². The molecule has 1 heterocycles.